The van der Waals surface area contributed by atoms with E-state index in [1.54, 1.807) is 10.9 Å². The van der Waals surface area contributed by atoms with E-state index in [9.17, 15) is 14.7 Å². The highest BCUT2D eigenvalue weighted by atomic mass is 16.4. The zero-order valence-corrected chi connectivity index (χ0v) is 13.0. The fourth-order valence-corrected chi connectivity index (χ4v) is 3.00. The molecule has 1 aliphatic heterocycles. The number of aromatic nitrogens is 2. The van der Waals surface area contributed by atoms with Gasteiger partial charge >= 0.3 is 5.97 Å². The molecule has 6 nitrogen and oxygen atoms in total. The van der Waals surface area contributed by atoms with E-state index in [0.29, 0.717) is 19.4 Å². The summed E-state index contributed by atoms with van der Waals surface area (Å²) in [6.07, 6.45) is 4.82. The summed E-state index contributed by atoms with van der Waals surface area (Å²) in [4.78, 5) is 25.6. The van der Waals surface area contributed by atoms with E-state index < -0.39 is 12.0 Å². The standard InChI is InChI=1S/C17H19N3O3/c1-19-10-12(9-18-19)6-7-16(21)20-11-14-5-3-2-4-13(14)8-15(20)17(22)23/h2-5,9-10,15H,6-8,11H2,1H3,(H,22,23)/t15-/m0/s1. The second-order valence-electron chi connectivity index (χ2n) is 5.87. The molecule has 1 N–H and O–H groups in total. The number of nitrogens with zero attached hydrogens (tertiary/aromatic N) is 3. The molecule has 6 heteroatoms. The number of carbonyl (C=O) groups excluding carboxylic acids is 1. The fraction of sp³-hybridized carbons (Fsp3) is 0.353. The lowest BCUT2D eigenvalue weighted by atomic mass is 9.93. The summed E-state index contributed by atoms with van der Waals surface area (Å²) in [5.74, 6) is -1.08. The molecular formula is C17H19N3O3. The summed E-state index contributed by atoms with van der Waals surface area (Å²) in [7, 11) is 1.83. The Morgan fingerprint density at radius 3 is 2.70 bits per heavy atom. The second kappa shape index (κ2) is 6.24. The van der Waals surface area contributed by atoms with E-state index >= 15 is 0 Å². The van der Waals surface area contributed by atoms with Crippen LogP contribution in [0.3, 0.4) is 0 Å². The van der Waals surface area contributed by atoms with Gasteiger partial charge in [-0.05, 0) is 23.1 Å². The summed E-state index contributed by atoms with van der Waals surface area (Å²) < 4.78 is 1.69. The summed E-state index contributed by atoms with van der Waals surface area (Å²) in [6.45, 7) is 0.360. The minimum atomic E-state index is -0.950. The maximum absolute atomic E-state index is 12.5. The van der Waals surface area contributed by atoms with Crippen LogP contribution >= 0.6 is 0 Å². The average Bonchev–Trinajstić information content (AvgIpc) is 2.96. The van der Waals surface area contributed by atoms with Crippen molar-refractivity contribution in [3.8, 4) is 0 Å². The van der Waals surface area contributed by atoms with Gasteiger partial charge in [-0.25, -0.2) is 4.79 Å². The molecular weight excluding hydrogens is 294 g/mol. The Labute approximate surface area is 134 Å². The molecule has 0 saturated heterocycles. The van der Waals surface area contributed by atoms with Gasteiger partial charge < -0.3 is 10.0 Å². The Bertz CT molecular complexity index is 738. The van der Waals surface area contributed by atoms with Gasteiger partial charge in [-0.15, -0.1) is 0 Å². The van der Waals surface area contributed by atoms with E-state index in [1.807, 2.05) is 37.5 Å². The normalized spacial score (nSPS) is 16.9. The van der Waals surface area contributed by atoms with Crippen LogP contribution in [0, 0.1) is 0 Å². The van der Waals surface area contributed by atoms with E-state index in [-0.39, 0.29) is 12.3 Å². The lowest BCUT2D eigenvalue weighted by molar-refractivity contribution is -0.151. The van der Waals surface area contributed by atoms with Crippen molar-refractivity contribution in [3.05, 3.63) is 53.3 Å². The van der Waals surface area contributed by atoms with Crippen LogP contribution < -0.4 is 0 Å². The molecule has 1 atom stereocenters. The molecule has 2 aromatic rings. The third-order valence-electron chi connectivity index (χ3n) is 4.24. The van der Waals surface area contributed by atoms with E-state index in [1.165, 1.54) is 4.90 Å². The van der Waals surface area contributed by atoms with Gasteiger partial charge in [0.1, 0.15) is 6.04 Å². The average molecular weight is 313 g/mol. The predicted octanol–water partition coefficient (Wildman–Crippen LogP) is 1.39. The highest BCUT2D eigenvalue weighted by Gasteiger charge is 2.34. The zero-order chi connectivity index (χ0) is 16.4. The van der Waals surface area contributed by atoms with Crippen LogP contribution in [-0.4, -0.2) is 37.7 Å². The highest BCUT2D eigenvalue weighted by Crippen LogP contribution is 2.24. The number of carboxylic acid groups (broad SMARTS) is 1. The minimum Gasteiger partial charge on any atom is -0.480 e. The molecule has 0 fully saturated rings. The Morgan fingerprint density at radius 1 is 1.30 bits per heavy atom. The molecule has 1 aromatic carbocycles. The first-order valence-electron chi connectivity index (χ1n) is 7.61. The number of hydrogen-bond acceptors (Lipinski definition) is 3. The van der Waals surface area contributed by atoms with Crippen molar-refractivity contribution in [1.82, 2.24) is 14.7 Å². The lowest BCUT2D eigenvalue weighted by Gasteiger charge is -2.34. The maximum atomic E-state index is 12.5. The number of hydrogen-bond donors (Lipinski definition) is 1. The molecule has 0 bridgehead atoms. The Hall–Kier alpha value is -2.63. The maximum Gasteiger partial charge on any atom is 0.326 e. The van der Waals surface area contributed by atoms with Crippen molar-refractivity contribution in [2.45, 2.75) is 31.8 Å². The Balaban J connectivity index is 1.73. The molecule has 1 amide bonds. The van der Waals surface area contributed by atoms with Crippen LogP contribution in [0.15, 0.2) is 36.7 Å². The van der Waals surface area contributed by atoms with Crippen molar-refractivity contribution < 1.29 is 14.7 Å². The van der Waals surface area contributed by atoms with Gasteiger partial charge in [0.15, 0.2) is 0 Å². The summed E-state index contributed by atoms with van der Waals surface area (Å²) in [5.41, 5.74) is 3.01. The first kappa shape index (κ1) is 15.3. The molecule has 0 unspecified atom stereocenters. The van der Waals surface area contributed by atoms with Crippen molar-refractivity contribution in [1.29, 1.82) is 0 Å². The number of carbonyl (C=O) groups is 2. The number of aryl methyl sites for hydroxylation is 2. The second-order valence-corrected chi connectivity index (χ2v) is 5.87. The molecule has 3 rings (SSSR count). The van der Waals surface area contributed by atoms with Crippen LogP contribution in [0.4, 0.5) is 0 Å². The third kappa shape index (κ3) is 3.26. The van der Waals surface area contributed by atoms with E-state index in [4.69, 9.17) is 0 Å². The molecule has 2 heterocycles. The van der Waals surface area contributed by atoms with E-state index in [0.717, 1.165) is 16.7 Å². The Kier molecular flexibility index (Phi) is 4.14. The van der Waals surface area contributed by atoms with Crippen molar-refractivity contribution >= 4 is 11.9 Å². The van der Waals surface area contributed by atoms with Crippen molar-refractivity contribution in [2.24, 2.45) is 7.05 Å². The van der Waals surface area contributed by atoms with Crippen LogP contribution in [0.2, 0.25) is 0 Å². The summed E-state index contributed by atoms with van der Waals surface area (Å²) in [5, 5.41) is 13.5. The largest absolute Gasteiger partial charge is 0.480 e. The zero-order valence-electron chi connectivity index (χ0n) is 13.0. The number of benzene rings is 1. The van der Waals surface area contributed by atoms with Crippen LogP contribution in [0.5, 0.6) is 0 Å². The SMILES string of the molecule is Cn1cc(CCC(=O)N2Cc3ccccc3C[C@H]2C(=O)O)cn1. The number of amides is 1. The van der Waals surface area contributed by atoms with Crippen LogP contribution in [0.1, 0.15) is 23.1 Å². The first-order valence-corrected chi connectivity index (χ1v) is 7.61. The van der Waals surface area contributed by atoms with Gasteiger partial charge in [0.2, 0.25) is 5.91 Å². The molecule has 23 heavy (non-hydrogen) atoms. The smallest absolute Gasteiger partial charge is 0.326 e. The Morgan fingerprint density at radius 2 is 2.04 bits per heavy atom. The molecule has 0 aliphatic carbocycles. The van der Waals surface area contributed by atoms with Gasteiger partial charge in [0.25, 0.3) is 0 Å². The topological polar surface area (TPSA) is 75.4 Å². The van der Waals surface area contributed by atoms with Gasteiger partial charge in [-0.2, -0.15) is 5.10 Å². The molecule has 1 aromatic heterocycles. The summed E-state index contributed by atoms with van der Waals surface area (Å²) >= 11 is 0. The van der Waals surface area contributed by atoms with Crippen LogP contribution in [0.25, 0.3) is 0 Å². The van der Waals surface area contributed by atoms with Crippen molar-refractivity contribution in [2.75, 3.05) is 0 Å². The number of fused-ring (bicyclic) bond motifs is 1. The van der Waals surface area contributed by atoms with Crippen molar-refractivity contribution in [3.63, 3.8) is 0 Å². The lowest BCUT2D eigenvalue weighted by Crippen LogP contribution is -2.48. The van der Waals surface area contributed by atoms with Crippen LogP contribution in [-0.2, 0) is 36.0 Å². The minimum absolute atomic E-state index is 0.129. The number of carboxylic acids is 1. The number of rotatable bonds is 4. The number of aliphatic carboxylic acids is 1. The van der Waals surface area contributed by atoms with Gasteiger partial charge in [0, 0.05) is 32.6 Å². The molecule has 120 valence electrons. The predicted molar refractivity (Wildman–Crippen MR) is 83.6 cm³/mol. The fourth-order valence-electron chi connectivity index (χ4n) is 3.00. The quantitative estimate of drug-likeness (QED) is 0.925. The van der Waals surface area contributed by atoms with Gasteiger partial charge in [-0.3, -0.25) is 9.48 Å². The van der Waals surface area contributed by atoms with Gasteiger partial charge in [0.05, 0.1) is 6.20 Å². The summed E-state index contributed by atoms with van der Waals surface area (Å²) in [6, 6.07) is 6.92. The first-order chi connectivity index (χ1) is 11.0. The monoisotopic (exact) mass is 313 g/mol. The molecule has 0 radical (unpaired) electrons. The van der Waals surface area contributed by atoms with Gasteiger partial charge in [-0.1, -0.05) is 24.3 Å². The molecule has 0 spiro atoms. The highest BCUT2D eigenvalue weighted by molar-refractivity contribution is 5.84. The third-order valence-corrected chi connectivity index (χ3v) is 4.24. The molecule has 1 aliphatic rings. The molecule has 0 saturated carbocycles. The van der Waals surface area contributed by atoms with E-state index in [2.05, 4.69) is 5.10 Å².